The molecule has 1 heteroatoms. The van der Waals surface area contributed by atoms with Crippen LogP contribution in [0.3, 0.4) is 0 Å². The molecular weight excluding hydrogens is 134 g/mol. The molecule has 1 aliphatic heterocycles. The summed E-state index contributed by atoms with van der Waals surface area (Å²) in [7, 11) is 2.18. The molecule has 1 unspecified atom stereocenters. The van der Waals surface area contributed by atoms with Gasteiger partial charge in [0, 0.05) is 6.54 Å². The minimum Gasteiger partial charge on any atom is -0.306 e. The molecule has 68 valence electrons. The number of hydrogen-bond acceptors (Lipinski definition) is 1. The number of rotatable bonds is 1. The summed E-state index contributed by atoms with van der Waals surface area (Å²) in [5, 5.41) is 0. The molecule has 0 N–H and O–H groups in total. The molecule has 1 atom stereocenters. The SMILES string of the molecule is CC1CCN(C)C1.CCCC. The first kappa shape index (κ1) is 11.0. The van der Waals surface area contributed by atoms with Crippen LogP contribution in [0.15, 0.2) is 0 Å². The fourth-order valence-electron chi connectivity index (χ4n) is 1.16. The highest BCUT2D eigenvalue weighted by Gasteiger charge is 2.13. The zero-order valence-corrected chi connectivity index (χ0v) is 8.56. The molecule has 0 saturated carbocycles. The summed E-state index contributed by atoms with van der Waals surface area (Å²) >= 11 is 0. The maximum absolute atomic E-state index is 2.38. The summed E-state index contributed by atoms with van der Waals surface area (Å²) in [5.41, 5.74) is 0. The Morgan fingerprint density at radius 3 is 1.91 bits per heavy atom. The molecule has 0 amide bonds. The summed E-state index contributed by atoms with van der Waals surface area (Å²) in [6.45, 7) is 9.28. The van der Waals surface area contributed by atoms with Gasteiger partial charge >= 0.3 is 0 Å². The zero-order chi connectivity index (χ0) is 8.69. The van der Waals surface area contributed by atoms with Crippen molar-refractivity contribution in [1.29, 1.82) is 0 Å². The highest BCUT2D eigenvalue weighted by Crippen LogP contribution is 2.11. The van der Waals surface area contributed by atoms with Crippen molar-refractivity contribution in [3.8, 4) is 0 Å². The van der Waals surface area contributed by atoms with Crippen LogP contribution in [-0.4, -0.2) is 25.0 Å². The molecule has 1 heterocycles. The van der Waals surface area contributed by atoms with Crippen molar-refractivity contribution < 1.29 is 0 Å². The normalized spacial score (nSPS) is 24.5. The Bertz CT molecular complexity index is 70.9. The van der Waals surface area contributed by atoms with E-state index in [4.69, 9.17) is 0 Å². The monoisotopic (exact) mass is 157 g/mol. The van der Waals surface area contributed by atoms with Crippen LogP contribution in [0.4, 0.5) is 0 Å². The van der Waals surface area contributed by atoms with Crippen LogP contribution < -0.4 is 0 Å². The van der Waals surface area contributed by atoms with Crippen molar-refractivity contribution in [2.45, 2.75) is 40.0 Å². The van der Waals surface area contributed by atoms with Crippen molar-refractivity contribution in [2.75, 3.05) is 20.1 Å². The standard InChI is InChI=1S/C6H13N.C4H10/c1-6-3-4-7(2)5-6;1-3-4-2/h6H,3-5H2,1-2H3;3-4H2,1-2H3. The van der Waals surface area contributed by atoms with E-state index in [1.54, 1.807) is 0 Å². The van der Waals surface area contributed by atoms with Gasteiger partial charge in [-0.1, -0.05) is 33.6 Å². The van der Waals surface area contributed by atoms with Gasteiger partial charge in [0.25, 0.3) is 0 Å². The fourth-order valence-corrected chi connectivity index (χ4v) is 1.16. The predicted molar refractivity (Wildman–Crippen MR) is 51.9 cm³/mol. The van der Waals surface area contributed by atoms with E-state index in [0.29, 0.717) is 0 Å². The van der Waals surface area contributed by atoms with Gasteiger partial charge in [0.05, 0.1) is 0 Å². The smallest absolute Gasteiger partial charge is 0.000445 e. The first-order valence-electron chi connectivity index (χ1n) is 4.89. The molecule has 1 nitrogen and oxygen atoms in total. The van der Waals surface area contributed by atoms with Crippen LogP contribution in [0.5, 0.6) is 0 Å². The maximum Gasteiger partial charge on any atom is 0.000445 e. The lowest BCUT2D eigenvalue weighted by Crippen LogP contribution is -2.12. The van der Waals surface area contributed by atoms with Crippen LogP contribution in [0.25, 0.3) is 0 Å². The third-order valence-electron chi connectivity index (χ3n) is 2.13. The molecule has 0 aromatic carbocycles. The highest BCUT2D eigenvalue weighted by atomic mass is 15.1. The van der Waals surface area contributed by atoms with Gasteiger partial charge in [-0.15, -0.1) is 0 Å². The maximum atomic E-state index is 2.38. The minimum atomic E-state index is 0.949. The Balaban J connectivity index is 0.000000218. The van der Waals surface area contributed by atoms with Gasteiger partial charge in [0.15, 0.2) is 0 Å². The second-order valence-corrected chi connectivity index (χ2v) is 3.66. The van der Waals surface area contributed by atoms with E-state index in [1.165, 1.54) is 32.4 Å². The van der Waals surface area contributed by atoms with Crippen LogP contribution in [-0.2, 0) is 0 Å². The minimum absolute atomic E-state index is 0.949. The lowest BCUT2D eigenvalue weighted by Gasteiger charge is -2.03. The van der Waals surface area contributed by atoms with E-state index in [2.05, 4.69) is 32.7 Å². The van der Waals surface area contributed by atoms with Gasteiger partial charge in [0.1, 0.15) is 0 Å². The lowest BCUT2D eigenvalue weighted by atomic mass is 10.2. The predicted octanol–water partition coefficient (Wildman–Crippen LogP) is 2.76. The molecule has 1 saturated heterocycles. The molecule has 0 bridgehead atoms. The Kier molecular flexibility index (Phi) is 6.63. The second-order valence-electron chi connectivity index (χ2n) is 3.66. The summed E-state index contributed by atoms with van der Waals surface area (Å²) in [5.74, 6) is 0.949. The Morgan fingerprint density at radius 1 is 1.27 bits per heavy atom. The van der Waals surface area contributed by atoms with Crippen molar-refractivity contribution in [1.82, 2.24) is 4.90 Å². The van der Waals surface area contributed by atoms with Gasteiger partial charge in [-0.2, -0.15) is 0 Å². The number of likely N-dealkylation sites (tertiary alicyclic amines) is 1. The first-order valence-corrected chi connectivity index (χ1v) is 4.89. The molecule has 11 heavy (non-hydrogen) atoms. The Morgan fingerprint density at radius 2 is 1.82 bits per heavy atom. The van der Waals surface area contributed by atoms with Gasteiger partial charge in [0.2, 0.25) is 0 Å². The van der Waals surface area contributed by atoms with Gasteiger partial charge < -0.3 is 4.90 Å². The van der Waals surface area contributed by atoms with E-state index < -0.39 is 0 Å². The molecule has 0 radical (unpaired) electrons. The third kappa shape index (κ3) is 6.36. The van der Waals surface area contributed by atoms with E-state index in [-0.39, 0.29) is 0 Å². The largest absolute Gasteiger partial charge is 0.306 e. The summed E-state index contributed by atoms with van der Waals surface area (Å²) < 4.78 is 0. The number of hydrogen-bond donors (Lipinski definition) is 0. The zero-order valence-electron chi connectivity index (χ0n) is 8.56. The number of nitrogens with zero attached hydrogens (tertiary/aromatic N) is 1. The Hall–Kier alpha value is -0.0400. The number of unbranched alkanes of at least 4 members (excludes halogenated alkanes) is 1. The van der Waals surface area contributed by atoms with Gasteiger partial charge in [-0.3, -0.25) is 0 Å². The molecule has 1 aliphatic rings. The van der Waals surface area contributed by atoms with Gasteiger partial charge in [-0.05, 0) is 25.9 Å². The fraction of sp³-hybridized carbons (Fsp3) is 1.00. The second kappa shape index (κ2) is 6.66. The molecule has 0 aromatic heterocycles. The third-order valence-corrected chi connectivity index (χ3v) is 2.13. The average Bonchev–Trinajstić information content (AvgIpc) is 2.35. The molecule has 0 aromatic rings. The van der Waals surface area contributed by atoms with Crippen molar-refractivity contribution in [3.63, 3.8) is 0 Å². The molecular formula is C10H23N. The lowest BCUT2D eigenvalue weighted by molar-refractivity contribution is 0.402. The topological polar surface area (TPSA) is 3.24 Å². The van der Waals surface area contributed by atoms with Gasteiger partial charge in [-0.25, -0.2) is 0 Å². The summed E-state index contributed by atoms with van der Waals surface area (Å²) in [6.07, 6.45) is 4.04. The van der Waals surface area contributed by atoms with E-state index >= 15 is 0 Å². The van der Waals surface area contributed by atoms with Crippen LogP contribution in [0, 0.1) is 5.92 Å². The van der Waals surface area contributed by atoms with Crippen molar-refractivity contribution in [2.24, 2.45) is 5.92 Å². The molecule has 1 fully saturated rings. The van der Waals surface area contributed by atoms with Crippen LogP contribution >= 0.6 is 0 Å². The average molecular weight is 157 g/mol. The van der Waals surface area contributed by atoms with Crippen molar-refractivity contribution >= 4 is 0 Å². The molecule has 0 spiro atoms. The van der Waals surface area contributed by atoms with E-state index in [1.807, 2.05) is 0 Å². The molecule has 0 aliphatic carbocycles. The summed E-state index contributed by atoms with van der Waals surface area (Å²) in [4.78, 5) is 2.38. The van der Waals surface area contributed by atoms with E-state index in [0.717, 1.165) is 5.92 Å². The quantitative estimate of drug-likeness (QED) is 0.565. The van der Waals surface area contributed by atoms with Crippen molar-refractivity contribution in [3.05, 3.63) is 0 Å². The highest BCUT2D eigenvalue weighted by molar-refractivity contribution is 4.67. The molecule has 1 rings (SSSR count). The van der Waals surface area contributed by atoms with E-state index in [9.17, 15) is 0 Å². The van der Waals surface area contributed by atoms with Crippen LogP contribution in [0.2, 0.25) is 0 Å². The van der Waals surface area contributed by atoms with Crippen LogP contribution in [0.1, 0.15) is 40.0 Å². The summed E-state index contributed by atoms with van der Waals surface area (Å²) in [6, 6.07) is 0. The first-order chi connectivity index (χ1) is 5.20. The Labute approximate surface area is 71.8 Å².